The van der Waals surface area contributed by atoms with Gasteiger partial charge in [-0.3, -0.25) is 0 Å². The van der Waals surface area contributed by atoms with Crippen LogP contribution >= 0.6 is 11.8 Å². The summed E-state index contributed by atoms with van der Waals surface area (Å²) >= 11 is 1.83. The van der Waals surface area contributed by atoms with Crippen LogP contribution in [0.4, 0.5) is 0 Å². The summed E-state index contributed by atoms with van der Waals surface area (Å²) in [4.78, 5) is 0. The lowest BCUT2D eigenvalue weighted by Crippen LogP contribution is -2.06. The van der Waals surface area contributed by atoms with Crippen LogP contribution in [0.1, 0.15) is 26.2 Å². The minimum atomic E-state index is -2.65. The molecule has 0 aromatic heterocycles. The quantitative estimate of drug-likeness (QED) is 0.660. The van der Waals surface area contributed by atoms with Crippen LogP contribution in [0.2, 0.25) is 0 Å². The average molecular weight is 208 g/mol. The van der Waals surface area contributed by atoms with Gasteiger partial charge in [-0.1, -0.05) is 13.3 Å². The average Bonchev–Trinajstić information content (AvgIpc) is 2.31. The summed E-state index contributed by atoms with van der Waals surface area (Å²) in [5, 5.41) is 0.390. The summed E-state index contributed by atoms with van der Waals surface area (Å²) in [5.41, 5.74) is 0. The van der Waals surface area contributed by atoms with E-state index < -0.39 is 9.84 Å². The number of unbranched alkanes of at least 4 members (excludes halogenated alkanes) is 1. The predicted molar refractivity (Wildman–Crippen MR) is 54.4 cm³/mol. The topological polar surface area (TPSA) is 34.1 Å². The SMILES string of the molecule is CCCCSC1CCS(=O)(=O)C1. The van der Waals surface area contributed by atoms with E-state index in [0.29, 0.717) is 16.8 Å². The number of thioether (sulfide) groups is 1. The number of hydrogen-bond donors (Lipinski definition) is 0. The van der Waals surface area contributed by atoms with Gasteiger partial charge in [-0.25, -0.2) is 8.42 Å². The Hall–Kier alpha value is 0.300. The minimum Gasteiger partial charge on any atom is -0.229 e. The maximum atomic E-state index is 11.1. The second-order valence-corrected chi connectivity index (χ2v) is 6.89. The number of sulfone groups is 1. The molecule has 1 fully saturated rings. The highest BCUT2D eigenvalue weighted by Crippen LogP contribution is 2.24. The molecule has 1 aliphatic heterocycles. The smallest absolute Gasteiger partial charge is 0.151 e. The fourth-order valence-electron chi connectivity index (χ4n) is 1.29. The van der Waals surface area contributed by atoms with Crippen LogP contribution in [0.25, 0.3) is 0 Å². The largest absolute Gasteiger partial charge is 0.229 e. The van der Waals surface area contributed by atoms with E-state index in [1.165, 1.54) is 12.8 Å². The van der Waals surface area contributed by atoms with Crippen molar-refractivity contribution in [3.8, 4) is 0 Å². The molecule has 1 unspecified atom stereocenters. The molecule has 0 aromatic carbocycles. The molecule has 72 valence electrons. The second kappa shape index (κ2) is 4.51. The van der Waals surface area contributed by atoms with Crippen molar-refractivity contribution in [1.82, 2.24) is 0 Å². The lowest BCUT2D eigenvalue weighted by atomic mass is 10.4. The normalized spacial score (nSPS) is 27.6. The van der Waals surface area contributed by atoms with Gasteiger partial charge in [-0.15, -0.1) is 0 Å². The molecule has 1 heterocycles. The highest BCUT2D eigenvalue weighted by atomic mass is 32.2. The Bertz CT molecular complexity index is 221. The molecule has 2 nitrogen and oxygen atoms in total. The first kappa shape index (κ1) is 10.4. The lowest BCUT2D eigenvalue weighted by Gasteiger charge is -2.05. The Labute approximate surface area is 79.0 Å². The Morgan fingerprint density at radius 3 is 2.75 bits per heavy atom. The van der Waals surface area contributed by atoms with Crippen LogP contribution in [0.5, 0.6) is 0 Å². The van der Waals surface area contributed by atoms with Gasteiger partial charge in [0, 0.05) is 5.25 Å². The third-order valence-electron chi connectivity index (χ3n) is 2.04. The summed E-state index contributed by atoms with van der Waals surface area (Å²) in [6, 6.07) is 0. The molecule has 0 bridgehead atoms. The van der Waals surface area contributed by atoms with Gasteiger partial charge in [0.05, 0.1) is 11.5 Å². The monoisotopic (exact) mass is 208 g/mol. The third-order valence-corrected chi connectivity index (χ3v) is 5.42. The zero-order valence-electron chi connectivity index (χ0n) is 7.45. The van der Waals surface area contributed by atoms with Gasteiger partial charge < -0.3 is 0 Å². The molecule has 0 saturated carbocycles. The summed E-state index contributed by atoms with van der Waals surface area (Å²) in [6.07, 6.45) is 3.28. The van der Waals surface area contributed by atoms with E-state index in [-0.39, 0.29) is 0 Å². The molecule has 0 radical (unpaired) electrons. The molecule has 0 aromatic rings. The summed E-state index contributed by atoms with van der Waals surface area (Å²) in [7, 11) is -2.65. The Balaban J connectivity index is 2.20. The van der Waals surface area contributed by atoms with E-state index in [4.69, 9.17) is 0 Å². The summed E-state index contributed by atoms with van der Waals surface area (Å²) in [5.74, 6) is 1.95. The molecule has 1 rings (SSSR count). The molecular weight excluding hydrogens is 192 g/mol. The van der Waals surface area contributed by atoms with Gasteiger partial charge in [0.25, 0.3) is 0 Å². The molecule has 0 N–H and O–H groups in total. The lowest BCUT2D eigenvalue weighted by molar-refractivity contribution is 0.602. The zero-order chi connectivity index (χ0) is 9.03. The minimum absolute atomic E-state index is 0.390. The Kier molecular flexibility index (Phi) is 3.90. The molecule has 0 spiro atoms. The molecule has 1 aliphatic rings. The van der Waals surface area contributed by atoms with E-state index in [1.54, 1.807) is 0 Å². The van der Waals surface area contributed by atoms with Gasteiger partial charge in [0.2, 0.25) is 0 Å². The van der Waals surface area contributed by atoms with Crippen LogP contribution in [0.3, 0.4) is 0 Å². The van der Waals surface area contributed by atoms with Crippen LogP contribution in [0, 0.1) is 0 Å². The summed E-state index contributed by atoms with van der Waals surface area (Å²) in [6.45, 7) is 2.16. The van der Waals surface area contributed by atoms with Crippen molar-refractivity contribution in [3.63, 3.8) is 0 Å². The highest BCUT2D eigenvalue weighted by molar-refractivity contribution is 8.01. The standard InChI is InChI=1S/C8H16O2S2/c1-2-3-5-11-8-4-6-12(9,10)7-8/h8H,2-7H2,1H3. The van der Waals surface area contributed by atoms with Crippen molar-refractivity contribution in [2.75, 3.05) is 17.3 Å². The maximum absolute atomic E-state index is 11.1. The van der Waals surface area contributed by atoms with Gasteiger partial charge in [0.1, 0.15) is 0 Å². The van der Waals surface area contributed by atoms with Gasteiger partial charge in [-0.2, -0.15) is 11.8 Å². The zero-order valence-corrected chi connectivity index (χ0v) is 9.09. The second-order valence-electron chi connectivity index (χ2n) is 3.25. The van der Waals surface area contributed by atoms with Crippen LogP contribution in [0.15, 0.2) is 0 Å². The van der Waals surface area contributed by atoms with Crippen LogP contribution < -0.4 is 0 Å². The van der Waals surface area contributed by atoms with Crippen LogP contribution in [-0.4, -0.2) is 30.9 Å². The van der Waals surface area contributed by atoms with Crippen molar-refractivity contribution >= 4 is 21.6 Å². The molecule has 12 heavy (non-hydrogen) atoms. The molecule has 1 saturated heterocycles. The van der Waals surface area contributed by atoms with Crippen molar-refractivity contribution < 1.29 is 8.42 Å². The summed E-state index contributed by atoms with van der Waals surface area (Å²) < 4.78 is 22.1. The van der Waals surface area contributed by atoms with E-state index in [1.807, 2.05) is 11.8 Å². The van der Waals surface area contributed by atoms with E-state index >= 15 is 0 Å². The first-order valence-corrected chi connectivity index (χ1v) is 7.33. The third kappa shape index (κ3) is 3.35. The molecule has 4 heteroatoms. The van der Waals surface area contributed by atoms with Gasteiger partial charge in [0.15, 0.2) is 9.84 Å². The van der Waals surface area contributed by atoms with Crippen LogP contribution in [-0.2, 0) is 9.84 Å². The van der Waals surface area contributed by atoms with E-state index in [9.17, 15) is 8.42 Å². The van der Waals surface area contributed by atoms with Gasteiger partial charge in [-0.05, 0) is 18.6 Å². The Morgan fingerprint density at radius 1 is 1.50 bits per heavy atom. The van der Waals surface area contributed by atoms with Crippen molar-refractivity contribution in [2.45, 2.75) is 31.4 Å². The number of hydrogen-bond acceptors (Lipinski definition) is 3. The van der Waals surface area contributed by atoms with Crippen molar-refractivity contribution in [1.29, 1.82) is 0 Å². The highest BCUT2D eigenvalue weighted by Gasteiger charge is 2.27. The fraction of sp³-hybridized carbons (Fsp3) is 1.00. The van der Waals surface area contributed by atoms with Gasteiger partial charge >= 0.3 is 0 Å². The number of rotatable bonds is 4. The van der Waals surface area contributed by atoms with Crippen molar-refractivity contribution in [2.24, 2.45) is 0 Å². The van der Waals surface area contributed by atoms with E-state index in [2.05, 4.69) is 6.92 Å². The Morgan fingerprint density at radius 2 is 2.25 bits per heavy atom. The first-order valence-electron chi connectivity index (χ1n) is 4.46. The molecule has 0 aliphatic carbocycles. The molecule has 1 atom stereocenters. The van der Waals surface area contributed by atoms with E-state index in [0.717, 1.165) is 12.2 Å². The molecular formula is C8H16O2S2. The first-order chi connectivity index (χ1) is 5.64. The maximum Gasteiger partial charge on any atom is 0.151 e. The fourth-order valence-corrected chi connectivity index (χ4v) is 5.06. The predicted octanol–water partition coefficient (Wildman–Crippen LogP) is 1.71. The van der Waals surface area contributed by atoms with Crippen molar-refractivity contribution in [3.05, 3.63) is 0 Å². The molecule has 0 amide bonds.